The van der Waals surface area contributed by atoms with E-state index < -0.39 is 12.1 Å². The third kappa shape index (κ3) is 6.14. The molecule has 0 saturated heterocycles. The summed E-state index contributed by atoms with van der Waals surface area (Å²) in [7, 11) is 1.33. The molecule has 0 fully saturated rings. The van der Waals surface area contributed by atoms with Crippen molar-refractivity contribution in [2.24, 2.45) is 0 Å². The molecule has 0 bridgehead atoms. The van der Waals surface area contributed by atoms with E-state index in [9.17, 15) is 10.1 Å². The molecule has 0 saturated carbocycles. The van der Waals surface area contributed by atoms with Crippen molar-refractivity contribution in [3.8, 4) is 11.8 Å². The average molecular weight is 482 g/mol. The molecule has 1 aromatic heterocycles. The molecule has 1 heterocycles. The Labute approximate surface area is 210 Å². The number of hydrogen-bond acceptors (Lipinski definition) is 7. The molecule has 0 amide bonds. The molecule has 0 N–H and O–H groups in total. The number of rotatable bonds is 11. The Kier molecular flexibility index (Phi) is 8.41. The Morgan fingerprint density at radius 2 is 1.69 bits per heavy atom. The minimum Gasteiger partial charge on any atom is -0.489 e. The van der Waals surface area contributed by atoms with Crippen LogP contribution in [0.3, 0.4) is 0 Å². The van der Waals surface area contributed by atoms with Crippen LogP contribution in [0.15, 0.2) is 91.0 Å². The Morgan fingerprint density at radius 1 is 1.03 bits per heavy atom. The highest BCUT2D eigenvalue weighted by Gasteiger charge is 2.27. The second-order valence-corrected chi connectivity index (χ2v) is 8.02. The second kappa shape index (κ2) is 12.3. The van der Waals surface area contributed by atoms with Crippen LogP contribution in [0.25, 0.3) is 11.0 Å². The van der Waals surface area contributed by atoms with E-state index >= 15 is 0 Å². The van der Waals surface area contributed by atoms with Gasteiger partial charge in [0.2, 0.25) is 0 Å². The number of nitriles is 1. The molecular formula is C28H27N5O3. The van der Waals surface area contributed by atoms with Gasteiger partial charge in [-0.1, -0.05) is 60.7 Å². The molecule has 182 valence electrons. The lowest BCUT2D eigenvalue weighted by Gasteiger charge is -2.31. The zero-order chi connectivity index (χ0) is 25.2. The van der Waals surface area contributed by atoms with E-state index in [1.54, 1.807) is 10.9 Å². The van der Waals surface area contributed by atoms with Crippen LogP contribution >= 0.6 is 0 Å². The lowest BCUT2D eigenvalue weighted by Crippen LogP contribution is -2.35. The predicted octanol–water partition coefficient (Wildman–Crippen LogP) is 4.50. The van der Waals surface area contributed by atoms with E-state index in [-0.39, 0.29) is 6.61 Å². The van der Waals surface area contributed by atoms with Gasteiger partial charge in [0.25, 0.3) is 0 Å². The van der Waals surface area contributed by atoms with Gasteiger partial charge in [0.15, 0.2) is 6.17 Å². The zero-order valence-corrected chi connectivity index (χ0v) is 20.0. The first kappa shape index (κ1) is 24.6. The van der Waals surface area contributed by atoms with Gasteiger partial charge in [-0.25, -0.2) is 4.79 Å². The van der Waals surface area contributed by atoms with Crippen molar-refractivity contribution < 1.29 is 14.3 Å². The summed E-state index contributed by atoms with van der Waals surface area (Å²) in [6.07, 6.45) is 2.84. The number of carbonyl (C=O) groups is 1. The van der Waals surface area contributed by atoms with Gasteiger partial charge < -0.3 is 9.47 Å². The van der Waals surface area contributed by atoms with Crippen molar-refractivity contribution >= 4 is 17.0 Å². The summed E-state index contributed by atoms with van der Waals surface area (Å²) in [6.45, 7) is 1.27. The van der Waals surface area contributed by atoms with E-state index in [1.165, 1.54) is 13.2 Å². The van der Waals surface area contributed by atoms with Crippen molar-refractivity contribution in [3.05, 3.63) is 102 Å². The molecule has 0 radical (unpaired) electrons. The van der Waals surface area contributed by atoms with E-state index in [2.05, 4.69) is 27.8 Å². The maximum Gasteiger partial charge on any atom is 0.330 e. The largest absolute Gasteiger partial charge is 0.489 e. The third-order valence-electron chi connectivity index (χ3n) is 5.59. The molecule has 1 atom stereocenters. The van der Waals surface area contributed by atoms with E-state index in [1.807, 2.05) is 66.7 Å². The van der Waals surface area contributed by atoms with E-state index in [0.717, 1.165) is 22.2 Å². The van der Waals surface area contributed by atoms with Crippen LogP contribution in [0.4, 0.5) is 0 Å². The maximum atomic E-state index is 11.4. The van der Waals surface area contributed by atoms with Gasteiger partial charge in [-0.05, 0) is 29.8 Å². The first-order valence-electron chi connectivity index (χ1n) is 11.6. The summed E-state index contributed by atoms with van der Waals surface area (Å²) in [4.78, 5) is 15.3. The Balaban J connectivity index is 1.75. The molecule has 0 aliphatic carbocycles. The van der Waals surface area contributed by atoms with Gasteiger partial charge in [0, 0.05) is 31.1 Å². The van der Waals surface area contributed by atoms with E-state index in [4.69, 9.17) is 14.9 Å². The lowest BCUT2D eigenvalue weighted by molar-refractivity contribution is -0.134. The number of aromatic nitrogens is 3. The van der Waals surface area contributed by atoms with Crippen LogP contribution in [-0.2, 0) is 16.1 Å². The fourth-order valence-electron chi connectivity index (χ4n) is 3.93. The molecule has 8 heteroatoms. The average Bonchev–Trinajstić information content (AvgIpc) is 3.34. The highest BCUT2D eigenvalue weighted by Crippen LogP contribution is 2.32. The molecule has 0 aliphatic rings. The summed E-state index contributed by atoms with van der Waals surface area (Å²) in [6, 6.07) is 27.7. The minimum absolute atomic E-state index is 0.185. The topological polar surface area (TPSA) is 93.3 Å². The number of hydrogen-bond donors (Lipinski definition) is 0. The smallest absolute Gasteiger partial charge is 0.330 e. The highest BCUT2D eigenvalue weighted by atomic mass is 16.5. The number of methoxy groups -OCH3 is 1. The summed E-state index contributed by atoms with van der Waals surface area (Å²) in [5.74, 6) is 0.191. The van der Waals surface area contributed by atoms with Crippen LogP contribution in [0.5, 0.6) is 5.75 Å². The van der Waals surface area contributed by atoms with Crippen molar-refractivity contribution in [2.45, 2.75) is 19.1 Å². The number of benzene rings is 3. The predicted molar refractivity (Wildman–Crippen MR) is 136 cm³/mol. The van der Waals surface area contributed by atoms with Crippen molar-refractivity contribution in [3.63, 3.8) is 0 Å². The van der Waals surface area contributed by atoms with Gasteiger partial charge in [-0.15, -0.1) is 0 Å². The fourth-order valence-corrected chi connectivity index (χ4v) is 3.93. The van der Waals surface area contributed by atoms with Crippen LogP contribution in [0.1, 0.15) is 23.7 Å². The van der Waals surface area contributed by atoms with Crippen molar-refractivity contribution in [1.82, 2.24) is 19.9 Å². The SMILES string of the molecule is COC(=O)/C=C/COc1ccccc1C(N(CCC#N)Cc1ccccc1)n1nc2ccccc2n1. The molecular weight excluding hydrogens is 454 g/mol. The second-order valence-electron chi connectivity index (χ2n) is 8.02. The molecule has 8 nitrogen and oxygen atoms in total. The van der Waals surface area contributed by atoms with Crippen LogP contribution < -0.4 is 4.74 Å². The standard InChI is InChI=1S/C28H27N5O3/c1-35-27(34)17-9-20-36-26-16-8-5-13-23(26)28(33-30-24-14-6-7-15-25(24)31-33)32(19-10-18-29)21-22-11-3-2-4-12-22/h2-9,11-17,28H,10,19-21H2,1H3/b17-9+. The van der Waals surface area contributed by atoms with Crippen LogP contribution in [-0.4, -0.2) is 46.1 Å². The van der Waals surface area contributed by atoms with Crippen molar-refractivity contribution in [1.29, 1.82) is 5.26 Å². The third-order valence-corrected chi connectivity index (χ3v) is 5.59. The van der Waals surface area contributed by atoms with Gasteiger partial charge in [-0.3, -0.25) is 4.90 Å². The lowest BCUT2D eigenvalue weighted by atomic mass is 10.1. The number of esters is 1. The van der Waals surface area contributed by atoms with Crippen molar-refractivity contribution in [2.75, 3.05) is 20.3 Å². The zero-order valence-electron chi connectivity index (χ0n) is 20.0. The molecule has 0 aliphatic heterocycles. The fraction of sp³-hybridized carbons (Fsp3) is 0.214. The normalized spacial score (nSPS) is 12.0. The van der Waals surface area contributed by atoms with Gasteiger partial charge in [0.1, 0.15) is 23.4 Å². The molecule has 1 unspecified atom stereocenters. The number of ether oxygens (including phenoxy) is 2. The summed E-state index contributed by atoms with van der Waals surface area (Å²) >= 11 is 0. The minimum atomic E-state index is -0.442. The first-order chi connectivity index (χ1) is 17.7. The van der Waals surface area contributed by atoms with E-state index in [0.29, 0.717) is 25.3 Å². The summed E-state index contributed by atoms with van der Waals surface area (Å²) < 4.78 is 10.7. The number of nitrogens with zero attached hydrogens (tertiary/aromatic N) is 5. The number of fused-ring (bicyclic) bond motifs is 1. The number of para-hydroxylation sites is 1. The summed E-state index contributed by atoms with van der Waals surface area (Å²) in [5.41, 5.74) is 3.51. The molecule has 4 aromatic rings. The molecule has 3 aromatic carbocycles. The summed E-state index contributed by atoms with van der Waals surface area (Å²) in [5, 5.41) is 19.0. The molecule has 4 rings (SSSR count). The highest BCUT2D eigenvalue weighted by molar-refractivity contribution is 5.81. The molecule has 0 spiro atoms. The van der Waals surface area contributed by atoms with Crippen LogP contribution in [0.2, 0.25) is 0 Å². The quantitative estimate of drug-likeness (QED) is 0.230. The van der Waals surface area contributed by atoms with Crippen LogP contribution in [0, 0.1) is 11.3 Å². The Bertz CT molecular complexity index is 1330. The monoisotopic (exact) mass is 481 g/mol. The maximum absolute atomic E-state index is 11.4. The number of carbonyl (C=O) groups excluding carboxylic acids is 1. The Hall–Kier alpha value is -4.48. The van der Waals surface area contributed by atoms with Gasteiger partial charge >= 0.3 is 5.97 Å². The Morgan fingerprint density at radius 3 is 2.39 bits per heavy atom. The van der Waals surface area contributed by atoms with Gasteiger partial charge in [0.05, 0.1) is 13.2 Å². The first-order valence-corrected chi connectivity index (χ1v) is 11.6. The van der Waals surface area contributed by atoms with Gasteiger partial charge in [-0.2, -0.15) is 20.3 Å². The molecule has 36 heavy (non-hydrogen) atoms.